The number of benzene rings is 1. The van der Waals surface area contributed by atoms with Crippen LogP contribution in [0.4, 0.5) is 11.4 Å². The molecule has 1 heterocycles. The van der Waals surface area contributed by atoms with Crippen LogP contribution in [-0.4, -0.2) is 11.8 Å². The van der Waals surface area contributed by atoms with Gasteiger partial charge in [-0.2, -0.15) is 0 Å². The molecule has 0 spiro atoms. The molecule has 1 aromatic heterocycles. The normalized spacial score (nSPS) is 10.2. The first-order valence-corrected chi connectivity index (χ1v) is 7.39. The van der Waals surface area contributed by atoms with Crippen LogP contribution >= 0.6 is 22.9 Å². The molecule has 5 nitrogen and oxygen atoms in total. The lowest BCUT2D eigenvalue weighted by Gasteiger charge is -2.09. The Morgan fingerprint density at radius 1 is 1.33 bits per heavy atom. The standard InChI is InChI=1S/C14H14ClN3O2S/c1-8(19)18-13-3-2-10(5-12(13)15)17-6-11-4-9(7-21-11)14(16)20/h2-5,7,17H,6H2,1H3,(H2,16,20)(H,18,19). The van der Waals surface area contributed by atoms with Crippen molar-refractivity contribution >= 4 is 46.1 Å². The van der Waals surface area contributed by atoms with Crippen LogP contribution in [0.5, 0.6) is 0 Å². The summed E-state index contributed by atoms with van der Waals surface area (Å²) in [4.78, 5) is 23.0. The van der Waals surface area contributed by atoms with E-state index in [0.29, 0.717) is 22.8 Å². The molecule has 0 fully saturated rings. The van der Waals surface area contributed by atoms with E-state index in [1.54, 1.807) is 23.6 Å². The molecule has 2 amide bonds. The molecule has 4 N–H and O–H groups in total. The van der Waals surface area contributed by atoms with Gasteiger partial charge in [0.15, 0.2) is 0 Å². The fraction of sp³-hybridized carbons (Fsp3) is 0.143. The lowest BCUT2D eigenvalue weighted by Crippen LogP contribution is -2.09. The highest BCUT2D eigenvalue weighted by Gasteiger charge is 2.06. The van der Waals surface area contributed by atoms with Gasteiger partial charge in [0.25, 0.3) is 0 Å². The smallest absolute Gasteiger partial charge is 0.249 e. The van der Waals surface area contributed by atoms with Gasteiger partial charge in [-0.05, 0) is 24.3 Å². The number of anilines is 2. The quantitative estimate of drug-likeness (QED) is 0.790. The van der Waals surface area contributed by atoms with E-state index in [9.17, 15) is 9.59 Å². The van der Waals surface area contributed by atoms with Gasteiger partial charge in [0.05, 0.1) is 16.3 Å². The number of nitrogens with one attached hydrogen (secondary N) is 2. The Morgan fingerprint density at radius 3 is 2.67 bits per heavy atom. The van der Waals surface area contributed by atoms with Crippen molar-refractivity contribution < 1.29 is 9.59 Å². The molecule has 0 saturated carbocycles. The average Bonchev–Trinajstić information content (AvgIpc) is 2.88. The molecule has 0 saturated heterocycles. The maximum absolute atomic E-state index is 11.0. The number of halogens is 1. The summed E-state index contributed by atoms with van der Waals surface area (Å²) in [6.07, 6.45) is 0. The van der Waals surface area contributed by atoms with E-state index in [-0.39, 0.29) is 5.91 Å². The zero-order valence-electron chi connectivity index (χ0n) is 11.3. The third-order valence-corrected chi connectivity index (χ3v) is 3.93. The number of rotatable bonds is 5. The lowest BCUT2D eigenvalue weighted by molar-refractivity contribution is -0.114. The van der Waals surface area contributed by atoms with E-state index in [4.69, 9.17) is 17.3 Å². The first-order chi connectivity index (χ1) is 9.95. The van der Waals surface area contributed by atoms with E-state index in [1.807, 2.05) is 6.07 Å². The van der Waals surface area contributed by atoms with Crippen molar-refractivity contribution in [3.05, 3.63) is 45.1 Å². The topological polar surface area (TPSA) is 84.2 Å². The fourth-order valence-electron chi connectivity index (χ4n) is 1.71. The summed E-state index contributed by atoms with van der Waals surface area (Å²) < 4.78 is 0. The molecule has 110 valence electrons. The molecule has 0 aliphatic heterocycles. The maximum Gasteiger partial charge on any atom is 0.249 e. The number of carbonyl (C=O) groups excluding carboxylic acids is 2. The van der Waals surface area contributed by atoms with Crippen molar-refractivity contribution in [1.82, 2.24) is 0 Å². The summed E-state index contributed by atoms with van der Waals surface area (Å²) in [7, 11) is 0. The fourth-order valence-corrected chi connectivity index (χ4v) is 2.75. The molecule has 2 rings (SSSR count). The number of carbonyl (C=O) groups is 2. The third-order valence-electron chi connectivity index (χ3n) is 2.68. The third kappa shape index (κ3) is 4.21. The molecular weight excluding hydrogens is 310 g/mol. The predicted molar refractivity (Wildman–Crippen MR) is 85.9 cm³/mol. The Labute approximate surface area is 131 Å². The van der Waals surface area contributed by atoms with Crippen molar-refractivity contribution in [3.8, 4) is 0 Å². The summed E-state index contributed by atoms with van der Waals surface area (Å²) in [6.45, 7) is 1.99. The van der Waals surface area contributed by atoms with Crippen LogP contribution in [0.1, 0.15) is 22.2 Å². The minimum absolute atomic E-state index is 0.171. The Hall–Kier alpha value is -2.05. The zero-order chi connectivity index (χ0) is 15.4. The van der Waals surface area contributed by atoms with Crippen LogP contribution in [0.3, 0.4) is 0 Å². The van der Waals surface area contributed by atoms with Gasteiger partial charge in [-0.15, -0.1) is 11.3 Å². The SMILES string of the molecule is CC(=O)Nc1ccc(NCc2cc(C(N)=O)cs2)cc1Cl. The van der Waals surface area contributed by atoms with Crippen LogP contribution in [0.15, 0.2) is 29.6 Å². The highest BCUT2D eigenvalue weighted by atomic mass is 35.5. The number of hydrogen-bond donors (Lipinski definition) is 3. The van der Waals surface area contributed by atoms with E-state index >= 15 is 0 Å². The summed E-state index contributed by atoms with van der Waals surface area (Å²) >= 11 is 7.55. The molecular formula is C14H14ClN3O2S. The molecule has 0 aliphatic rings. The van der Waals surface area contributed by atoms with Gasteiger partial charge >= 0.3 is 0 Å². The van der Waals surface area contributed by atoms with Gasteiger partial charge in [-0.25, -0.2) is 0 Å². The number of hydrogen-bond acceptors (Lipinski definition) is 4. The molecule has 0 atom stereocenters. The average molecular weight is 324 g/mol. The number of primary amides is 1. The van der Waals surface area contributed by atoms with Gasteiger partial charge in [-0.1, -0.05) is 11.6 Å². The number of amides is 2. The molecule has 1 aromatic carbocycles. The predicted octanol–water partition coefficient (Wildman–Crippen LogP) is 3.07. The van der Waals surface area contributed by atoms with Crippen molar-refractivity contribution in [3.63, 3.8) is 0 Å². The van der Waals surface area contributed by atoms with Crippen LogP contribution in [-0.2, 0) is 11.3 Å². The molecule has 0 unspecified atom stereocenters. The number of thiophene rings is 1. The lowest BCUT2D eigenvalue weighted by atomic mass is 10.2. The summed E-state index contributed by atoms with van der Waals surface area (Å²) in [5.41, 5.74) is 7.11. The van der Waals surface area contributed by atoms with Crippen LogP contribution in [0.25, 0.3) is 0 Å². The van der Waals surface area contributed by atoms with Gasteiger partial charge < -0.3 is 16.4 Å². The first kappa shape index (κ1) is 15.3. The summed E-state index contributed by atoms with van der Waals surface area (Å²) in [5, 5.41) is 8.02. The summed E-state index contributed by atoms with van der Waals surface area (Å²) in [5.74, 6) is -0.601. The molecule has 2 aromatic rings. The molecule has 21 heavy (non-hydrogen) atoms. The van der Waals surface area contributed by atoms with Crippen LogP contribution < -0.4 is 16.4 Å². The van der Waals surface area contributed by atoms with Crippen molar-refractivity contribution in [1.29, 1.82) is 0 Å². The van der Waals surface area contributed by atoms with Gasteiger partial charge in [0, 0.05) is 29.4 Å². The van der Waals surface area contributed by atoms with Crippen molar-refractivity contribution in [2.75, 3.05) is 10.6 Å². The van der Waals surface area contributed by atoms with Crippen molar-refractivity contribution in [2.24, 2.45) is 5.73 Å². The minimum atomic E-state index is -0.430. The van der Waals surface area contributed by atoms with E-state index < -0.39 is 5.91 Å². The van der Waals surface area contributed by atoms with Crippen LogP contribution in [0.2, 0.25) is 5.02 Å². The zero-order valence-corrected chi connectivity index (χ0v) is 12.8. The molecule has 0 aliphatic carbocycles. The molecule has 7 heteroatoms. The van der Waals surface area contributed by atoms with Crippen molar-refractivity contribution in [2.45, 2.75) is 13.5 Å². The summed E-state index contributed by atoms with van der Waals surface area (Å²) in [6, 6.07) is 7.04. The monoisotopic (exact) mass is 323 g/mol. The Bertz CT molecular complexity index is 685. The van der Waals surface area contributed by atoms with E-state index in [2.05, 4.69) is 10.6 Å². The Kier molecular flexibility index (Phi) is 4.82. The van der Waals surface area contributed by atoms with Gasteiger partial charge in [0.2, 0.25) is 11.8 Å². The van der Waals surface area contributed by atoms with Gasteiger partial charge in [0.1, 0.15) is 0 Å². The van der Waals surface area contributed by atoms with Gasteiger partial charge in [-0.3, -0.25) is 9.59 Å². The molecule has 0 bridgehead atoms. The molecule has 0 radical (unpaired) electrons. The second-order valence-corrected chi connectivity index (χ2v) is 5.80. The Balaban J connectivity index is 2.01. The first-order valence-electron chi connectivity index (χ1n) is 6.14. The second kappa shape index (κ2) is 6.60. The van der Waals surface area contributed by atoms with Crippen LogP contribution in [0, 0.1) is 0 Å². The number of nitrogens with two attached hydrogens (primary N) is 1. The Morgan fingerprint density at radius 2 is 2.10 bits per heavy atom. The minimum Gasteiger partial charge on any atom is -0.380 e. The second-order valence-electron chi connectivity index (χ2n) is 4.40. The highest BCUT2D eigenvalue weighted by molar-refractivity contribution is 7.10. The highest BCUT2D eigenvalue weighted by Crippen LogP contribution is 2.26. The van der Waals surface area contributed by atoms with E-state index in [1.165, 1.54) is 18.3 Å². The largest absolute Gasteiger partial charge is 0.380 e. The maximum atomic E-state index is 11.0. The van der Waals surface area contributed by atoms with E-state index in [0.717, 1.165) is 10.6 Å².